The van der Waals surface area contributed by atoms with Crippen LogP contribution in [0.4, 0.5) is 0 Å². The minimum atomic E-state index is 0.690. The molecule has 0 bridgehead atoms. The lowest BCUT2D eigenvalue weighted by molar-refractivity contribution is 0.649. The van der Waals surface area contributed by atoms with Crippen molar-refractivity contribution in [3.63, 3.8) is 0 Å². The number of rotatable bonds is 2. The number of pyridine rings is 1. The Hall–Kier alpha value is -1.37. The van der Waals surface area contributed by atoms with Gasteiger partial charge >= 0.3 is 0 Å². The van der Waals surface area contributed by atoms with Gasteiger partial charge in [0, 0.05) is 11.1 Å². The standard InChI is InChI=1S/C14H17N/c1-10(2)8-12-9-11(3)15-14-7-5-4-6-13(12)14/h4-7,9-10H,8H2,1-3H3. The van der Waals surface area contributed by atoms with Crippen LogP contribution in [0.2, 0.25) is 0 Å². The van der Waals surface area contributed by atoms with E-state index in [9.17, 15) is 0 Å². The molecule has 0 spiro atoms. The zero-order valence-electron chi connectivity index (χ0n) is 9.62. The molecule has 0 unspecified atom stereocenters. The number of aryl methyl sites for hydroxylation is 1. The molecular formula is C14H17N. The van der Waals surface area contributed by atoms with Gasteiger partial charge in [-0.25, -0.2) is 0 Å². The van der Waals surface area contributed by atoms with Crippen molar-refractivity contribution in [2.75, 3.05) is 0 Å². The van der Waals surface area contributed by atoms with E-state index in [4.69, 9.17) is 0 Å². The first-order valence-corrected chi connectivity index (χ1v) is 5.52. The third kappa shape index (κ3) is 2.17. The molecule has 0 fully saturated rings. The molecule has 0 N–H and O–H groups in total. The Morgan fingerprint density at radius 3 is 2.67 bits per heavy atom. The first-order chi connectivity index (χ1) is 7.16. The van der Waals surface area contributed by atoms with Gasteiger partial charge in [0.05, 0.1) is 5.52 Å². The molecule has 0 aliphatic heterocycles. The summed E-state index contributed by atoms with van der Waals surface area (Å²) in [6.45, 7) is 6.57. The molecule has 0 saturated carbocycles. The summed E-state index contributed by atoms with van der Waals surface area (Å²) in [5, 5.41) is 1.30. The molecule has 0 saturated heterocycles. The summed E-state index contributed by atoms with van der Waals surface area (Å²) in [6.07, 6.45) is 1.13. The fourth-order valence-electron chi connectivity index (χ4n) is 2.00. The molecule has 2 aromatic rings. The predicted molar refractivity (Wildman–Crippen MR) is 65.0 cm³/mol. The molecule has 1 aromatic heterocycles. The largest absolute Gasteiger partial charge is 0.253 e. The van der Waals surface area contributed by atoms with Gasteiger partial charge in [0.1, 0.15) is 0 Å². The van der Waals surface area contributed by atoms with Gasteiger partial charge in [-0.2, -0.15) is 0 Å². The Labute approximate surface area is 91.2 Å². The summed E-state index contributed by atoms with van der Waals surface area (Å²) < 4.78 is 0. The highest BCUT2D eigenvalue weighted by atomic mass is 14.7. The van der Waals surface area contributed by atoms with Crippen LogP contribution in [0.1, 0.15) is 25.1 Å². The number of benzene rings is 1. The van der Waals surface area contributed by atoms with Crippen LogP contribution in [0.25, 0.3) is 10.9 Å². The summed E-state index contributed by atoms with van der Waals surface area (Å²) in [6, 6.07) is 10.6. The van der Waals surface area contributed by atoms with Gasteiger partial charge in [-0.05, 0) is 37.0 Å². The van der Waals surface area contributed by atoms with E-state index in [-0.39, 0.29) is 0 Å². The molecule has 1 nitrogen and oxygen atoms in total. The SMILES string of the molecule is Cc1cc(CC(C)C)c2ccccc2n1. The molecule has 78 valence electrons. The van der Waals surface area contributed by atoms with Crippen molar-refractivity contribution >= 4 is 10.9 Å². The molecule has 0 amide bonds. The summed E-state index contributed by atoms with van der Waals surface area (Å²) in [4.78, 5) is 4.54. The first-order valence-electron chi connectivity index (χ1n) is 5.52. The lowest BCUT2D eigenvalue weighted by Crippen LogP contribution is -1.97. The van der Waals surface area contributed by atoms with Crippen LogP contribution in [0, 0.1) is 12.8 Å². The van der Waals surface area contributed by atoms with Gasteiger partial charge in [0.15, 0.2) is 0 Å². The highest BCUT2D eigenvalue weighted by Gasteiger charge is 2.04. The van der Waals surface area contributed by atoms with E-state index in [2.05, 4.69) is 50.0 Å². The average molecular weight is 199 g/mol. The summed E-state index contributed by atoms with van der Waals surface area (Å²) >= 11 is 0. The van der Waals surface area contributed by atoms with Gasteiger partial charge in [-0.15, -0.1) is 0 Å². The van der Waals surface area contributed by atoms with Crippen molar-refractivity contribution < 1.29 is 0 Å². The maximum Gasteiger partial charge on any atom is 0.0707 e. The number of nitrogens with zero attached hydrogens (tertiary/aromatic N) is 1. The van der Waals surface area contributed by atoms with Crippen molar-refractivity contribution in [1.82, 2.24) is 4.98 Å². The van der Waals surface area contributed by atoms with Gasteiger partial charge in [0.2, 0.25) is 0 Å². The smallest absolute Gasteiger partial charge is 0.0707 e. The van der Waals surface area contributed by atoms with Gasteiger partial charge in [0.25, 0.3) is 0 Å². The molecule has 2 rings (SSSR count). The molecule has 0 atom stereocenters. The van der Waals surface area contributed by atoms with Crippen LogP contribution in [0.3, 0.4) is 0 Å². The van der Waals surface area contributed by atoms with Gasteiger partial charge < -0.3 is 0 Å². The van der Waals surface area contributed by atoms with Crippen molar-refractivity contribution in [3.8, 4) is 0 Å². The molecule has 1 heterocycles. The summed E-state index contributed by atoms with van der Waals surface area (Å²) in [5.41, 5.74) is 3.66. The minimum Gasteiger partial charge on any atom is -0.253 e. The number of fused-ring (bicyclic) bond motifs is 1. The highest BCUT2D eigenvalue weighted by Crippen LogP contribution is 2.20. The summed E-state index contributed by atoms with van der Waals surface area (Å²) in [5.74, 6) is 0.690. The number of para-hydroxylation sites is 1. The van der Waals surface area contributed by atoms with E-state index in [1.807, 2.05) is 6.07 Å². The summed E-state index contributed by atoms with van der Waals surface area (Å²) in [7, 11) is 0. The molecule has 15 heavy (non-hydrogen) atoms. The quantitative estimate of drug-likeness (QED) is 0.718. The number of hydrogen-bond donors (Lipinski definition) is 0. The fraction of sp³-hybridized carbons (Fsp3) is 0.357. The minimum absolute atomic E-state index is 0.690. The Balaban J connectivity index is 2.60. The number of hydrogen-bond acceptors (Lipinski definition) is 1. The van der Waals surface area contributed by atoms with Crippen molar-refractivity contribution in [2.45, 2.75) is 27.2 Å². The lowest BCUT2D eigenvalue weighted by atomic mass is 9.99. The van der Waals surface area contributed by atoms with Gasteiger partial charge in [-0.3, -0.25) is 4.98 Å². The second-order valence-electron chi connectivity index (χ2n) is 4.54. The van der Waals surface area contributed by atoms with Gasteiger partial charge in [-0.1, -0.05) is 32.0 Å². The van der Waals surface area contributed by atoms with Crippen LogP contribution < -0.4 is 0 Å². The number of aromatic nitrogens is 1. The monoisotopic (exact) mass is 199 g/mol. The Kier molecular flexibility index (Phi) is 2.72. The lowest BCUT2D eigenvalue weighted by Gasteiger charge is -2.09. The van der Waals surface area contributed by atoms with E-state index in [0.29, 0.717) is 5.92 Å². The average Bonchev–Trinajstić information content (AvgIpc) is 2.16. The van der Waals surface area contributed by atoms with Crippen molar-refractivity contribution in [3.05, 3.63) is 41.6 Å². The third-order valence-electron chi connectivity index (χ3n) is 2.56. The van der Waals surface area contributed by atoms with Crippen molar-refractivity contribution in [1.29, 1.82) is 0 Å². The predicted octanol–water partition coefficient (Wildman–Crippen LogP) is 3.74. The van der Waals surface area contributed by atoms with E-state index in [1.54, 1.807) is 0 Å². The molecule has 0 aliphatic rings. The second-order valence-corrected chi connectivity index (χ2v) is 4.54. The van der Waals surface area contributed by atoms with Crippen LogP contribution in [0.5, 0.6) is 0 Å². The first kappa shape index (κ1) is 10.2. The maximum absolute atomic E-state index is 4.54. The van der Waals surface area contributed by atoms with E-state index in [0.717, 1.165) is 17.6 Å². The second kappa shape index (κ2) is 4.01. The molecule has 1 aromatic carbocycles. The van der Waals surface area contributed by atoms with Crippen LogP contribution in [-0.2, 0) is 6.42 Å². The zero-order chi connectivity index (χ0) is 10.8. The Bertz CT molecular complexity index is 472. The molecule has 1 heteroatoms. The topological polar surface area (TPSA) is 12.9 Å². The Morgan fingerprint density at radius 1 is 1.20 bits per heavy atom. The van der Waals surface area contributed by atoms with E-state index < -0.39 is 0 Å². The molecule has 0 radical (unpaired) electrons. The maximum atomic E-state index is 4.54. The molecular weight excluding hydrogens is 182 g/mol. The highest BCUT2D eigenvalue weighted by molar-refractivity contribution is 5.82. The zero-order valence-corrected chi connectivity index (χ0v) is 9.62. The Morgan fingerprint density at radius 2 is 1.93 bits per heavy atom. The van der Waals surface area contributed by atoms with E-state index in [1.165, 1.54) is 10.9 Å². The van der Waals surface area contributed by atoms with E-state index >= 15 is 0 Å². The molecule has 0 aliphatic carbocycles. The normalized spacial score (nSPS) is 11.2. The van der Waals surface area contributed by atoms with Crippen molar-refractivity contribution in [2.24, 2.45) is 5.92 Å². The van der Waals surface area contributed by atoms with Crippen LogP contribution in [-0.4, -0.2) is 4.98 Å². The fourth-order valence-corrected chi connectivity index (χ4v) is 2.00. The van der Waals surface area contributed by atoms with Crippen LogP contribution in [0.15, 0.2) is 30.3 Å². The van der Waals surface area contributed by atoms with Crippen LogP contribution >= 0.6 is 0 Å². The third-order valence-corrected chi connectivity index (χ3v) is 2.56.